The first-order chi connectivity index (χ1) is 6.77. The van der Waals surface area contributed by atoms with Gasteiger partial charge in [0.1, 0.15) is 4.32 Å². The van der Waals surface area contributed by atoms with Crippen LogP contribution in [0.15, 0.2) is 0 Å². The Balaban J connectivity index is 1.88. The molecule has 2 aliphatic rings. The molecule has 0 aromatic heterocycles. The summed E-state index contributed by atoms with van der Waals surface area (Å²) in [6.07, 6.45) is 7.05. The van der Waals surface area contributed by atoms with Crippen LogP contribution in [0.5, 0.6) is 0 Å². The number of thiocarbonyl (C=S) groups is 1. The van der Waals surface area contributed by atoms with E-state index in [9.17, 15) is 0 Å². The largest absolute Gasteiger partial charge is 0.348 e. The molecule has 1 aliphatic carbocycles. The van der Waals surface area contributed by atoms with Crippen molar-refractivity contribution in [3.05, 3.63) is 0 Å². The van der Waals surface area contributed by atoms with Crippen LogP contribution in [0.3, 0.4) is 0 Å². The van der Waals surface area contributed by atoms with Crippen molar-refractivity contribution in [2.45, 2.75) is 38.1 Å². The zero-order valence-electron chi connectivity index (χ0n) is 8.74. The predicted octanol–water partition coefficient (Wildman–Crippen LogP) is 2.50. The van der Waals surface area contributed by atoms with E-state index < -0.39 is 0 Å². The zero-order chi connectivity index (χ0) is 9.97. The lowest BCUT2D eigenvalue weighted by molar-refractivity contribution is 0.138. The third kappa shape index (κ3) is 2.41. The molecule has 0 bridgehead atoms. The van der Waals surface area contributed by atoms with Crippen LogP contribution in [-0.2, 0) is 0 Å². The molecule has 0 spiro atoms. The van der Waals surface area contributed by atoms with E-state index in [1.807, 2.05) is 11.8 Å². The number of hydrogen-bond donors (Lipinski definition) is 0. The standard InChI is InChI=1S/C10H18N2S2/c1-11-7-12(8-14-10(11)13)9-5-3-2-4-6-9/h9H,2-8H2,1H3. The van der Waals surface area contributed by atoms with Gasteiger partial charge in [0.05, 0.1) is 12.5 Å². The van der Waals surface area contributed by atoms with E-state index in [0.29, 0.717) is 0 Å². The van der Waals surface area contributed by atoms with Gasteiger partial charge in [-0.2, -0.15) is 0 Å². The highest BCUT2D eigenvalue weighted by atomic mass is 32.2. The third-order valence-corrected chi connectivity index (χ3v) is 4.83. The molecule has 0 unspecified atom stereocenters. The van der Waals surface area contributed by atoms with Crippen molar-refractivity contribution in [3.63, 3.8) is 0 Å². The summed E-state index contributed by atoms with van der Waals surface area (Å²) in [4.78, 5) is 4.78. The van der Waals surface area contributed by atoms with Crippen LogP contribution >= 0.6 is 24.0 Å². The van der Waals surface area contributed by atoms with Crippen molar-refractivity contribution < 1.29 is 0 Å². The molecule has 1 aliphatic heterocycles. The van der Waals surface area contributed by atoms with Gasteiger partial charge in [0.15, 0.2) is 0 Å². The van der Waals surface area contributed by atoms with Crippen molar-refractivity contribution in [1.82, 2.24) is 9.80 Å². The number of thioether (sulfide) groups is 1. The van der Waals surface area contributed by atoms with Crippen LogP contribution < -0.4 is 0 Å². The predicted molar refractivity (Wildman–Crippen MR) is 66.4 cm³/mol. The van der Waals surface area contributed by atoms with Crippen molar-refractivity contribution in [2.24, 2.45) is 0 Å². The van der Waals surface area contributed by atoms with Crippen LogP contribution in [0.2, 0.25) is 0 Å². The van der Waals surface area contributed by atoms with Gasteiger partial charge in [-0.05, 0) is 12.8 Å². The van der Waals surface area contributed by atoms with Crippen molar-refractivity contribution in [3.8, 4) is 0 Å². The Labute approximate surface area is 96.0 Å². The summed E-state index contributed by atoms with van der Waals surface area (Å²) in [6, 6.07) is 0.821. The molecular weight excluding hydrogens is 212 g/mol. The maximum atomic E-state index is 5.24. The van der Waals surface area contributed by atoms with E-state index in [-0.39, 0.29) is 0 Å². The minimum absolute atomic E-state index is 0.821. The van der Waals surface area contributed by atoms with Crippen LogP contribution in [0.25, 0.3) is 0 Å². The first-order valence-corrected chi connectivity index (χ1v) is 6.78. The number of nitrogens with zero attached hydrogens (tertiary/aromatic N) is 2. The van der Waals surface area contributed by atoms with Gasteiger partial charge >= 0.3 is 0 Å². The van der Waals surface area contributed by atoms with E-state index in [0.717, 1.165) is 22.9 Å². The molecule has 2 rings (SSSR count). The molecule has 80 valence electrons. The Morgan fingerprint density at radius 1 is 1.29 bits per heavy atom. The van der Waals surface area contributed by atoms with Gasteiger partial charge in [-0.15, -0.1) is 0 Å². The molecule has 14 heavy (non-hydrogen) atoms. The summed E-state index contributed by atoms with van der Waals surface area (Å²) in [5, 5.41) is 0. The highest BCUT2D eigenvalue weighted by molar-refractivity contribution is 8.22. The highest BCUT2D eigenvalue weighted by Crippen LogP contribution is 2.27. The lowest BCUT2D eigenvalue weighted by Crippen LogP contribution is -2.48. The lowest BCUT2D eigenvalue weighted by atomic mass is 9.95. The molecule has 4 heteroatoms. The Morgan fingerprint density at radius 3 is 2.64 bits per heavy atom. The van der Waals surface area contributed by atoms with E-state index >= 15 is 0 Å². The fraction of sp³-hybridized carbons (Fsp3) is 0.900. The van der Waals surface area contributed by atoms with Crippen molar-refractivity contribution in [2.75, 3.05) is 19.6 Å². The Bertz CT molecular complexity index is 214. The van der Waals surface area contributed by atoms with Crippen molar-refractivity contribution in [1.29, 1.82) is 0 Å². The van der Waals surface area contributed by atoms with Gasteiger partial charge in [0.25, 0.3) is 0 Å². The molecule has 1 heterocycles. The molecule has 0 N–H and O–H groups in total. The van der Waals surface area contributed by atoms with Crippen LogP contribution in [0.1, 0.15) is 32.1 Å². The third-order valence-electron chi connectivity index (χ3n) is 3.15. The quantitative estimate of drug-likeness (QED) is 0.638. The monoisotopic (exact) mass is 230 g/mol. The summed E-state index contributed by atoms with van der Waals surface area (Å²) >= 11 is 7.06. The highest BCUT2D eigenvalue weighted by Gasteiger charge is 2.26. The first kappa shape index (κ1) is 10.7. The molecular formula is C10H18N2S2. The normalized spacial score (nSPS) is 26.9. The molecule has 0 radical (unpaired) electrons. The van der Waals surface area contributed by atoms with E-state index in [4.69, 9.17) is 12.2 Å². The minimum atomic E-state index is 0.821. The van der Waals surface area contributed by atoms with Crippen LogP contribution in [0, 0.1) is 0 Å². The average Bonchev–Trinajstić information content (AvgIpc) is 2.23. The Morgan fingerprint density at radius 2 is 2.00 bits per heavy atom. The Kier molecular flexibility index (Phi) is 3.68. The maximum absolute atomic E-state index is 5.24. The molecule has 2 nitrogen and oxygen atoms in total. The average molecular weight is 230 g/mol. The Hall–Kier alpha value is 0.200. The minimum Gasteiger partial charge on any atom is -0.348 e. The van der Waals surface area contributed by atoms with Gasteiger partial charge < -0.3 is 4.90 Å². The van der Waals surface area contributed by atoms with E-state index in [1.54, 1.807) is 0 Å². The van der Waals surface area contributed by atoms with Crippen LogP contribution in [-0.4, -0.2) is 39.8 Å². The molecule has 0 aromatic carbocycles. The molecule has 0 aromatic rings. The van der Waals surface area contributed by atoms with E-state index in [1.165, 1.54) is 32.1 Å². The smallest absolute Gasteiger partial charge is 0.138 e. The molecule has 0 atom stereocenters. The lowest BCUT2D eigenvalue weighted by Gasteiger charge is -2.40. The second kappa shape index (κ2) is 4.81. The first-order valence-electron chi connectivity index (χ1n) is 5.39. The molecule has 1 saturated carbocycles. The van der Waals surface area contributed by atoms with Crippen molar-refractivity contribution >= 4 is 28.3 Å². The van der Waals surface area contributed by atoms with Gasteiger partial charge in [-0.1, -0.05) is 43.2 Å². The summed E-state index contributed by atoms with van der Waals surface area (Å²) in [6.45, 7) is 1.04. The molecule has 0 amide bonds. The summed E-state index contributed by atoms with van der Waals surface area (Å²) in [5.74, 6) is 1.10. The van der Waals surface area contributed by atoms with Gasteiger partial charge in [-0.3, -0.25) is 4.90 Å². The van der Waals surface area contributed by atoms with E-state index in [2.05, 4.69) is 16.8 Å². The van der Waals surface area contributed by atoms with Crippen LogP contribution in [0.4, 0.5) is 0 Å². The van der Waals surface area contributed by atoms with Gasteiger partial charge in [-0.25, -0.2) is 0 Å². The summed E-state index contributed by atoms with van der Waals surface area (Å²) in [7, 11) is 2.10. The van der Waals surface area contributed by atoms with Gasteiger partial charge in [0.2, 0.25) is 0 Å². The number of rotatable bonds is 1. The fourth-order valence-corrected chi connectivity index (χ4v) is 3.35. The SMILES string of the molecule is CN1CN(C2CCCCC2)CSC1=S. The topological polar surface area (TPSA) is 6.48 Å². The number of hydrogen-bond acceptors (Lipinski definition) is 3. The maximum Gasteiger partial charge on any atom is 0.138 e. The molecule has 1 saturated heterocycles. The zero-order valence-corrected chi connectivity index (χ0v) is 10.4. The van der Waals surface area contributed by atoms with Gasteiger partial charge in [0, 0.05) is 13.1 Å². The second-order valence-corrected chi connectivity index (χ2v) is 5.84. The second-order valence-electron chi connectivity index (χ2n) is 4.26. The summed E-state index contributed by atoms with van der Waals surface area (Å²) < 4.78 is 1.05. The molecule has 2 fully saturated rings. The summed E-state index contributed by atoms with van der Waals surface area (Å²) in [5.41, 5.74) is 0. The fourth-order valence-electron chi connectivity index (χ4n) is 2.29.